The van der Waals surface area contributed by atoms with Crippen molar-refractivity contribution >= 4 is 5.97 Å². The fraction of sp³-hybridized carbons (Fsp3) is 0.917. The first-order valence-corrected chi connectivity index (χ1v) is 5.96. The molecule has 1 atom stereocenters. The van der Waals surface area contributed by atoms with Gasteiger partial charge in [-0.3, -0.25) is 4.79 Å². The van der Waals surface area contributed by atoms with Crippen molar-refractivity contribution in [3.05, 3.63) is 0 Å². The molecular weight excluding hydrogens is 190 g/mol. The zero-order valence-electron chi connectivity index (χ0n) is 10.6. The number of carbonyl (C=O) groups is 1. The van der Waals surface area contributed by atoms with Crippen LogP contribution in [0.4, 0.5) is 0 Å². The molecule has 0 aromatic carbocycles. The molecule has 0 amide bonds. The van der Waals surface area contributed by atoms with Gasteiger partial charge in [0, 0.05) is 5.54 Å². The summed E-state index contributed by atoms with van der Waals surface area (Å²) in [4.78, 5) is 11.4. The first kappa shape index (κ1) is 14.4. The van der Waals surface area contributed by atoms with Crippen molar-refractivity contribution in [1.82, 2.24) is 5.32 Å². The third kappa shape index (κ3) is 5.17. The highest BCUT2D eigenvalue weighted by Crippen LogP contribution is 2.22. The van der Waals surface area contributed by atoms with Gasteiger partial charge in [0.2, 0.25) is 0 Å². The van der Waals surface area contributed by atoms with Gasteiger partial charge in [0.1, 0.15) is 0 Å². The van der Waals surface area contributed by atoms with E-state index >= 15 is 0 Å². The highest BCUT2D eigenvalue weighted by Gasteiger charge is 2.29. The van der Waals surface area contributed by atoms with Crippen molar-refractivity contribution in [3.8, 4) is 0 Å². The zero-order valence-corrected chi connectivity index (χ0v) is 10.6. The molecule has 0 aliphatic carbocycles. The van der Waals surface area contributed by atoms with E-state index in [2.05, 4.69) is 26.1 Å². The number of nitrogens with one attached hydrogen (secondary N) is 1. The van der Waals surface area contributed by atoms with Crippen molar-refractivity contribution in [2.24, 2.45) is 0 Å². The predicted molar refractivity (Wildman–Crippen MR) is 62.9 cm³/mol. The molecule has 90 valence electrons. The molecular formula is C12H25NO2. The minimum atomic E-state index is -0.117. The first-order valence-electron chi connectivity index (χ1n) is 5.96. The quantitative estimate of drug-likeness (QED) is 0.632. The first-order chi connectivity index (χ1) is 7.14. The predicted octanol–water partition coefficient (Wildman–Crippen LogP) is 2.50. The highest BCUT2D eigenvalue weighted by atomic mass is 16.5. The summed E-state index contributed by atoms with van der Waals surface area (Å²) in [6.07, 6.45) is 4.65. The second-order valence-electron chi connectivity index (χ2n) is 4.06. The van der Waals surface area contributed by atoms with Gasteiger partial charge in [0.25, 0.3) is 0 Å². The third-order valence-electron chi connectivity index (χ3n) is 2.87. The van der Waals surface area contributed by atoms with Gasteiger partial charge in [-0.25, -0.2) is 0 Å². The second kappa shape index (κ2) is 7.69. The number of rotatable bonds is 8. The molecule has 3 nitrogen and oxygen atoms in total. The third-order valence-corrected chi connectivity index (χ3v) is 2.87. The Bertz CT molecular complexity index is 182. The second-order valence-corrected chi connectivity index (χ2v) is 4.06. The molecule has 0 aliphatic rings. The molecule has 0 spiro atoms. The van der Waals surface area contributed by atoms with Crippen LogP contribution in [0, 0.1) is 0 Å². The number of hydrogen-bond donors (Lipinski definition) is 1. The fourth-order valence-electron chi connectivity index (χ4n) is 1.88. The zero-order chi connectivity index (χ0) is 11.7. The number of hydrogen-bond acceptors (Lipinski definition) is 3. The average Bonchev–Trinajstić information content (AvgIpc) is 2.26. The lowest BCUT2D eigenvalue weighted by Gasteiger charge is -2.33. The van der Waals surface area contributed by atoms with E-state index in [9.17, 15) is 4.79 Å². The lowest BCUT2D eigenvalue weighted by Crippen LogP contribution is -2.46. The topological polar surface area (TPSA) is 38.3 Å². The molecule has 0 saturated carbocycles. The Labute approximate surface area is 93.6 Å². The molecule has 0 heterocycles. The van der Waals surface area contributed by atoms with Crippen LogP contribution in [0.1, 0.15) is 52.9 Å². The van der Waals surface area contributed by atoms with Crippen LogP contribution in [0.2, 0.25) is 0 Å². The summed E-state index contributed by atoms with van der Waals surface area (Å²) in [6.45, 7) is 7.37. The molecule has 15 heavy (non-hydrogen) atoms. The Balaban J connectivity index is 4.41. The van der Waals surface area contributed by atoms with Gasteiger partial charge >= 0.3 is 5.97 Å². The van der Waals surface area contributed by atoms with Crippen molar-refractivity contribution in [3.63, 3.8) is 0 Å². The molecule has 0 saturated heterocycles. The summed E-state index contributed by atoms with van der Waals surface area (Å²) in [5, 5.41) is 3.50. The molecule has 0 aromatic rings. The Morgan fingerprint density at radius 3 is 2.33 bits per heavy atom. The van der Waals surface area contributed by atoms with Crippen LogP contribution in [0.3, 0.4) is 0 Å². The molecule has 0 fully saturated rings. The van der Waals surface area contributed by atoms with Crippen LogP contribution >= 0.6 is 0 Å². The Morgan fingerprint density at radius 1 is 1.27 bits per heavy atom. The van der Waals surface area contributed by atoms with Gasteiger partial charge < -0.3 is 10.1 Å². The van der Waals surface area contributed by atoms with Gasteiger partial charge in [-0.15, -0.1) is 0 Å². The number of methoxy groups -OCH3 is 1. The largest absolute Gasteiger partial charge is 0.469 e. The van der Waals surface area contributed by atoms with Crippen molar-refractivity contribution in [1.29, 1.82) is 0 Å². The van der Waals surface area contributed by atoms with Gasteiger partial charge in [0.15, 0.2) is 0 Å². The number of carbonyl (C=O) groups excluding carboxylic acids is 1. The van der Waals surface area contributed by atoms with Crippen molar-refractivity contribution in [2.75, 3.05) is 13.7 Å². The Hall–Kier alpha value is -0.570. The van der Waals surface area contributed by atoms with E-state index < -0.39 is 0 Å². The maximum Gasteiger partial charge on any atom is 0.307 e. The summed E-state index contributed by atoms with van der Waals surface area (Å²) >= 11 is 0. The van der Waals surface area contributed by atoms with Crippen molar-refractivity contribution < 1.29 is 9.53 Å². The summed E-state index contributed by atoms with van der Waals surface area (Å²) in [7, 11) is 1.45. The van der Waals surface area contributed by atoms with Crippen LogP contribution < -0.4 is 5.32 Å². The van der Waals surface area contributed by atoms with Crippen LogP contribution in [-0.2, 0) is 9.53 Å². The SMILES string of the molecule is CCCNC(CC)(CCC)CC(=O)OC. The van der Waals surface area contributed by atoms with E-state index in [-0.39, 0.29) is 11.5 Å². The molecule has 0 aliphatic heterocycles. The Morgan fingerprint density at radius 2 is 1.93 bits per heavy atom. The minimum absolute atomic E-state index is 0.0577. The summed E-state index contributed by atoms with van der Waals surface area (Å²) in [5.41, 5.74) is -0.0577. The average molecular weight is 215 g/mol. The van der Waals surface area contributed by atoms with Crippen LogP contribution in [0.5, 0.6) is 0 Å². The van der Waals surface area contributed by atoms with Crippen LogP contribution in [-0.4, -0.2) is 25.2 Å². The standard InChI is InChI=1S/C12H25NO2/c1-5-8-12(7-3,13-9-6-2)10-11(14)15-4/h13H,5-10H2,1-4H3. The molecule has 0 bridgehead atoms. The van der Waals surface area contributed by atoms with Crippen LogP contribution in [0.25, 0.3) is 0 Å². The molecule has 0 aromatic heterocycles. The molecule has 1 unspecified atom stereocenters. The highest BCUT2D eigenvalue weighted by molar-refractivity contribution is 5.70. The van der Waals surface area contributed by atoms with Crippen molar-refractivity contribution in [2.45, 2.75) is 58.4 Å². The molecule has 3 heteroatoms. The Kier molecular flexibility index (Phi) is 7.39. The van der Waals surface area contributed by atoms with Gasteiger partial charge in [-0.2, -0.15) is 0 Å². The maximum atomic E-state index is 11.4. The summed E-state index contributed by atoms with van der Waals surface area (Å²) < 4.78 is 4.75. The smallest absolute Gasteiger partial charge is 0.307 e. The fourth-order valence-corrected chi connectivity index (χ4v) is 1.88. The van der Waals surface area contributed by atoms with Crippen LogP contribution in [0.15, 0.2) is 0 Å². The minimum Gasteiger partial charge on any atom is -0.469 e. The molecule has 0 rings (SSSR count). The van der Waals surface area contributed by atoms with E-state index in [1.807, 2.05) is 0 Å². The van der Waals surface area contributed by atoms with Gasteiger partial charge in [-0.05, 0) is 25.8 Å². The van der Waals surface area contributed by atoms with E-state index in [1.165, 1.54) is 7.11 Å². The summed E-state index contributed by atoms with van der Waals surface area (Å²) in [5.74, 6) is -0.117. The van der Waals surface area contributed by atoms with E-state index in [0.29, 0.717) is 6.42 Å². The van der Waals surface area contributed by atoms with E-state index in [0.717, 1.165) is 32.2 Å². The number of ether oxygens (including phenoxy) is 1. The van der Waals surface area contributed by atoms with Gasteiger partial charge in [0.05, 0.1) is 13.5 Å². The lowest BCUT2D eigenvalue weighted by molar-refractivity contribution is -0.142. The molecule has 1 N–H and O–H groups in total. The lowest BCUT2D eigenvalue weighted by atomic mass is 9.87. The van der Waals surface area contributed by atoms with E-state index in [4.69, 9.17) is 4.74 Å². The summed E-state index contributed by atoms with van der Waals surface area (Å²) in [6, 6.07) is 0. The number of esters is 1. The molecule has 0 radical (unpaired) electrons. The van der Waals surface area contributed by atoms with E-state index in [1.54, 1.807) is 0 Å². The maximum absolute atomic E-state index is 11.4. The normalized spacial score (nSPS) is 14.7. The monoisotopic (exact) mass is 215 g/mol. The van der Waals surface area contributed by atoms with Gasteiger partial charge in [-0.1, -0.05) is 27.2 Å².